The Balaban J connectivity index is 2.03. The number of hydrogen-bond donors (Lipinski definition) is 3. The third kappa shape index (κ3) is 3.20. The number of methoxy groups -OCH3 is 1. The van der Waals surface area contributed by atoms with Gasteiger partial charge in [-0.2, -0.15) is 0 Å². The van der Waals surface area contributed by atoms with Crippen molar-refractivity contribution in [3.8, 4) is 0 Å². The van der Waals surface area contributed by atoms with E-state index in [9.17, 15) is 24.0 Å². The highest BCUT2D eigenvalue weighted by Crippen LogP contribution is 2.25. The molecule has 0 aromatic heterocycles. The van der Waals surface area contributed by atoms with Gasteiger partial charge in [-0.3, -0.25) is 25.0 Å². The van der Waals surface area contributed by atoms with Crippen molar-refractivity contribution in [2.45, 2.75) is 5.54 Å². The molecule has 5 amide bonds. The summed E-state index contributed by atoms with van der Waals surface area (Å²) in [6, 6.07) is 12.4. The number of nitrogens with one attached hydrogen (secondary N) is 3. The lowest BCUT2D eigenvalue weighted by Crippen LogP contribution is -2.71. The van der Waals surface area contributed by atoms with Crippen LogP contribution < -0.4 is 16.0 Å². The first-order chi connectivity index (χ1) is 13.4. The van der Waals surface area contributed by atoms with E-state index in [1.54, 1.807) is 18.2 Å². The summed E-state index contributed by atoms with van der Waals surface area (Å²) in [5.41, 5.74) is -1.85. The van der Waals surface area contributed by atoms with Crippen LogP contribution in [0.3, 0.4) is 0 Å². The number of esters is 1. The molecule has 1 heterocycles. The van der Waals surface area contributed by atoms with Crippen molar-refractivity contribution < 1.29 is 28.7 Å². The zero-order valence-electron chi connectivity index (χ0n) is 14.6. The molecule has 0 spiro atoms. The van der Waals surface area contributed by atoms with Gasteiger partial charge in [-0.25, -0.2) is 9.59 Å². The monoisotopic (exact) mass is 381 g/mol. The smallest absolute Gasteiger partial charge is 0.337 e. The number of carbonyl (C=O) groups is 5. The Bertz CT molecular complexity index is 966. The van der Waals surface area contributed by atoms with Crippen molar-refractivity contribution >= 4 is 29.7 Å². The number of carbonyl (C=O) groups excluding carboxylic acids is 5. The topological polar surface area (TPSA) is 131 Å². The maximum atomic E-state index is 12.8. The number of imide groups is 2. The summed E-state index contributed by atoms with van der Waals surface area (Å²) in [7, 11) is 1.20. The predicted octanol–water partition coefficient (Wildman–Crippen LogP) is 0.464. The molecule has 1 aliphatic heterocycles. The minimum absolute atomic E-state index is 0.0238. The highest BCUT2D eigenvalue weighted by atomic mass is 16.5. The molecular weight excluding hydrogens is 366 g/mol. The standard InChI is InChI=1S/C19H15N3O6/c1-28-15(24)12-7-5-6-11(10-12)14(23)22-19(13-8-3-2-4-9-13)16(25)20-18(27)21-17(19)26/h2-10H,1H3,(H,22,23)(H2,20,21,25,26,27). The minimum atomic E-state index is -2.16. The van der Waals surface area contributed by atoms with E-state index in [1.165, 1.54) is 43.5 Å². The summed E-state index contributed by atoms with van der Waals surface area (Å²) in [6.07, 6.45) is 0. The fourth-order valence-electron chi connectivity index (χ4n) is 2.81. The highest BCUT2D eigenvalue weighted by Gasteiger charge is 2.53. The lowest BCUT2D eigenvalue weighted by atomic mass is 9.86. The van der Waals surface area contributed by atoms with E-state index in [0.717, 1.165) is 0 Å². The Morgan fingerprint density at radius 2 is 1.50 bits per heavy atom. The van der Waals surface area contributed by atoms with Crippen molar-refractivity contribution in [1.82, 2.24) is 16.0 Å². The third-order valence-corrected chi connectivity index (χ3v) is 4.19. The predicted molar refractivity (Wildman–Crippen MR) is 95.0 cm³/mol. The molecule has 3 rings (SSSR count). The molecular formula is C19H15N3O6. The van der Waals surface area contributed by atoms with Crippen molar-refractivity contribution in [3.63, 3.8) is 0 Å². The van der Waals surface area contributed by atoms with Gasteiger partial charge in [0.25, 0.3) is 17.7 Å². The maximum absolute atomic E-state index is 12.8. The van der Waals surface area contributed by atoms with Crippen LogP contribution >= 0.6 is 0 Å². The molecule has 2 aromatic rings. The molecule has 28 heavy (non-hydrogen) atoms. The van der Waals surface area contributed by atoms with Gasteiger partial charge in [0.2, 0.25) is 5.54 Å². The van der Waals surface area contributed by atoms with Gasteiger partial charge in [0, 0.05) is 5.56 Å². The quantitative estimate of drug-likeness (QED) is 0.521. The van der Waals surface area contributed by atoms with E-state index in [2.05, 4.69) is 10.1 Å². The Hall–Kier alpha value is -4.01. The molecule has 0 saturated carbocycles. The van der Waals surface area contributed by atoms with Crippen LogP contribution in [0.5, 0.6) is 0 Å². The van der Waals surface area contributed by atoms with E-state index in [1.807, 2.05) is 10.6 Å². The zero-order valence-corrected chi connectivity index (χ0v) is 14.6. The maximum Gasteiger partial charge on any atom is 0.337 e. The first-order valence-electron chi connectivity index (χ1n) is 8.12. The van der Waals surface area contributed by atoms with E-state index >= 15 is 0 Å². The second kappa shape index (κ2) is 7.31. The summed E-state index contributed by atoms with van der Waals surface area (Å²) < 4.78 is 4.62. The van der Waals surface area contributed by atoms with Gasteiger partial charge >= 0.3 is 12.0 Å². The molecule has 0 bridgehead atoms. The van der Waals surface area contributed by atoms with Crippen LogP contribution in [0.2, 0.25) is 0 Å². The Labute approximate surface area is 159 Å². The Morgan fingerprint density at radius 3 is 2.11 bits per heavy atom. The second-order valence-electron chi connectivity index (χ2n) is 5.88. The highest BCUT2D eigenvalue weighted by molar-refractivity contribution is 6.24. The van der Waals surface area contributed by atoms with Gasteiger partial charge in [0.05, 0.1) is 12.7 Å². The first-order valence-corrected chi connectivity index (χ1v) is 8.12. The van der Waals surface area contributed by atoms with Crippen LogP contribution in [0.15, 0.2) is 54.6 Å². The first kappa shape index (κ1) is 18.8. The number of barbiturate groups is 1. The molecule has 3 N–H and O–H groups in total. The lowest BCUT2D eigenvalue weighted by molar-refractivity contribution is -0.139. The van der Waals surface area contributed by atoms with Gasteiger partial charge in [0.15, 0.2) is 0 Å². The average molecular weight is 381 g/mol. The van der Waals surface area contributed by atoms with Crippen molar-refractivity contribution in [3.05, 3.63) is 71.3 Å². The average Bonchev–Trinajstić information content (AvgIpc) is 2.70. The molecule has 0 unspecified atom stereocenters. The number of benzene rings is 2. The summed E-state index contributed by atoms with van der Waals surface area (Å²) in [5.74, 6) is -3.43. The normalized spacial score (nSPS) is 15.2. The van der Waals surface area contributed by atoms with Gasteiger partial charge < -0.3 is 10.1 Å². The molecule has 0 radical (unpaired) electrons. The van der Waals surface area contributed by atoms with Gasteiger partial charge in [-0.15, -0.1) is 0 Å². The summed E-state index contributed by atoms with van der Waals surface area (Å²) in [4.78, 5) is 61.3. The van der Waals surface area contributed by atoms with Crippen LogP contribution in [0.4, 0.5) is 4.79 Å². The number of ether oxygens (including phenoxy) is 1. The molecule has 9 nitrogen and oxygen atoms in total. The number of urea groups is 1. The summed E-state index contributed by atoms with van der Waals surface area (Å²) in [6.45, 7) is 0. The number of amides is 5. The van der Waals surface area contributed by atoms with Crippen LogP contribution in [0.1, 0.15) is 26.3 Å². The molecule has 2 aromatic carbocycles. The fraction of sp³-hybridized carbons (Fsp3) is 0.105. The van der Waals surface area contributed by atoms with Gasteiger partial charge in [-0.1, -0.05) is 36.4 Å². The van der Waals surface area contributed by atoms with E-state index in [4.69, 9.17) is 0 Å². The zero-order chi connectivity index (χ0) is 20.3. The molecule has 0 atom stereocenters. The molecule has 142 valence electrons. The molecule has 1 saturated heterocycles. The SMILES string of the molecule is COC(=O)c1cccc(C(=O)NC2(c3ccccc3)C(=O)NC(=O)NC2=O)c1. The summed E-state index contributed by atoms with van der Waals surface area (Å²) >= 11 is 0. The minimum Gasteiger partial charge on any atom is -0.465 e. The van der Waals surface area contributed by atoms with Crippen molar-refractivity contribution in [2.75, 3.05) is 7.11 Å². The number of hydrogen-bond acceptors (Lipinski definition) is 6. The Kier molecular flexibility index (Phi) is 4.90. The molecule has 0 aliphatic carbocycles. The lowest BCUT2D eigenvalue weighted by Gasteiger charge is -2.34. The molecule has 9 heteroatoms. The van der Waals surface area contributed by atoms with Crippen molar-refractivity contribution in [2.24, 2.45) is 0 Å². The third-order valence-electron chi connectivity index (χ3n) is 4.19. The largest absolute Gasteiger partial charge is 0.465 e. The van der Waals surface area contributed by atoms with Crippen LogP contribution in [-0.2, 0) is 19.9 Å². The second-order valence-corrected chi connectivity index (χ2v) is 5.88. The molecule has 1 fully saturated rings. The molecule has 1 aliphatic rings. The van der Waals surface area contributed by atoms with Crippen LogP contribution in [0.25, 0.3) is 0 Å². The summed E-state index contributed by atoms with van der Waals surface area (Å²) in [5, 5.41) is 6.39. The van der Waals surface area contributed by atoms with Gasteiger partial charge in [-0.05, 0) is 23.8 Å². The number of rotatable bonds is 4. The van der Waals surface area contributed by atoms with E-state index in [0.29, 0.717) is 0 Å². The van der Waals surface area contributed by atoms with Crippen molar-refractivity contribution in [1.29, 1.82) is 0 Å². The van der Waals surface area contributed by atoms with E-state index < -0.39 is 35.3 Å². The fourth-order valence-corrected chi connectivity index (χ4v) is 2.81. The van der Waals surface area contributed by atoms with E-state index in [-0.39, 0.29) is 16.7 Å². The van der Waals surface area contributed by atoms with Gasteiger partial charge in [0.1, 0.15) is 0 Å². The van der Waals surface area contributed by atoms with Crippen LogP contribution in [0, 0.1) is 0 Å². The van der Waals surface area contributed by atoms with Crippen LogP contribution in [-0.4, -0.2) is 36.8 Å². The Morgan fingerprint density at radius 1 is 0.893 bits per heavy atom.